The fourth-order valence-corrected chi connectivity index (χ4v) is 6.90. The number of unbranched alkanes of at least 4 members (excludes halogenated alkanes) is 1. The van der Waals surface area contributed by atoms with E-state index in [1.165, 1.54) is 29.2 Å². The van der Waals surface area contributed by atoms with Crippen molar-refractivity contribution in [2.75, 3.05) is 17.4 Å². The number of anilines is 1. The van der Waals surface area contributed by atoms with E-state index in [2.05, 4.69) is 21.2 Å². The molecule has 0 spiro atoms. The summed E-state index contributed by atoms with van der Waals surface area (Å²) in [5.74, 6) is -1.24. The zero-order valence-corrected chi connectivity index (χ0v) is 29.1. The van der Waals surface area contributed by atoms with Gasteiger partial charge in [0, 0.05) is 24.0 Å². The van der Waals surface area contributed by atoms with Crippen LogP contribution in [0.25, 0.3) is 0 Å². The van der Waals surface area contributed by atoms with Gasteiger partial charge in [-0.2, -0.15) is 13.2 Å². The number of rotatable bonds is 14. The molecular weight excluding hydrogens is 731 g/mol. The topological polar surface area (TPSA) is 86.8 Å². The summed E-state index contributed by atoms with van der Waals surface area (Å²) in [6.45, 7) is 1.35. The maximum Gasteiger partial charge on any atom is 0.417 e. The monoisotopic (exact) mass is 763 g/mol. The predicted octanol–water partition coefficient (Wildman–Crippen LogP) is 7.87. The first-order valence-electron chi connectivity index (χ1n) is 15.1. The Kier molecular flexibility index (Phi) is 12.7. The highest BCUT2D eigenvalue weighted by Gasteiger charge is 2.37. The van der Waals surface area contributed by atoms with Crippen molar-refractivity contribution in [1.82, 2.24) is 10.2 Å². The normalized spacial score (nSPS) is 12.3. The predicted molar refractivity (Wildman–Crippen MR) is 184 cm³/mol. The Balaban J connectivity index is 1.84. The molecule has 0 bridgehead atoms. The molecule has 0 aliphatic carbocycles. The number of benzene rings is 4. The van der Waals surface area contributed by atoms with Crippen molar-refractivity contribution in [3.05, 3.63) is 129 Å². The fraction of sp³-hybridized carbons (Fsp3) is 0.257. The maximum absolute atomic E-state index is 14.5. The van der Waals surface area contributed by atoms with E-state index in [-0.39, 0.29) is 17.9 Å². The number of amides is 2. The van der Waals surface area contributed by atoms with Gasteiger partial charge in [-0.05, 0) is 60.0 Å². The van der Waals surface area contributed by atoms with Crippen LogP contribution in [0, 0.1) is 0 Å². The Morgan fingerprint density at radius 2 is 1.52 bits per heavy atom. The van der Waals surface area contributed by atoms with E-state index in [1.807, 2.05) is 25.1 Å². The summed E-state index contributed by atoms with van der Waals surface area (Å²) in [4.78, 5) is 29.3. The van der Waals surface area contributed by atoms with Gasteiger partial charge in [-0.3, -0.25) is 13.9 Å². The largest absolute Gasteiger partial charge is 0.417 e. The second-order valence-electron chi connectivity index (χ2n) is 11.0. The number of sulfonamides is 1. The standard InChI is InChI=1S/C35H34BrClF3N3O4S/c1-2-3-20-41-34(45)32(21-25-10-6-4-7-11-25)42(23-26-14-16-27(36)17-15-26)33(44)24-43(48(46,47)29-12-8-5-9-13-29)28-18-19-31(37)30(22-28)35(38,39)40/h4-19,22,32H,2-3,20-21,23-24H2,1H3,(H,41,45). The molecule has 0 aliphatic rings. The molecule has 0 fully saturated rings. The van der Waals surface area contributed by atoms with Gasteiger partial charge in [-0.15, -0.1) is 0 Å². The van der Waals surface area contributed by atoms with Gasteiger partial charge in [0.2, 0.25) is 11.8 Å². The van der Waals surface area contributed by atoms with Gasteiger partial charge in [0.15, 0.2) is 0 Å². The Morgan fingerprint density at radius 3 is 2.12 bits per heavy atom. The van der Waals surface area contributed by atoms with Crippen LogP contribution in [0.3, 0.4) is 0 Å². The second kappa shape index (κ2) is 16.5. The van der Waals surface area contributed by atoms with E-state index in [4.69, 9.17) is 11.6 Å². The fourth-order valence-electron chi connectivity index (χ4n) is 4.98. The molecule has 13 heteroatoms. The van der Waals surface area contributed by atoms with E-state index in [1.54, 1.807) is 42.5 Å². The van der Waals surface area contributed by atoms with Gasteiger partial charge in [0.1, 0.15) is 12.6 Å². The third-order valence-electron chi connectivity index (χ3n) is 7.52. The van der Waals surface area contributed by atoms with Gasteiger partial charge in [0.05, 0.1) is 21.2 Å². The summed E-state index contributed by atoms with van der Waals surface area (Å²) in [6, 6.07) is 24.8. The average Bonchev–Trinajstić information content (AvgIpc) is 3.06. The highest BCUT2D eigenvalue weighted by Crippen LogP contribution is 2.38. The molecule has 0 radical (unpaired) electrons. The molecule has 4 aromatic carbocycles. The van der Waals surface area contributed by atoms with Gasteiger partial charge < -0.3 is 10.2 Å². The molecule has 2 amide bonds. The molecule has 0 saturated carbocycles. The van der Waals surface area contributed by atoms with Gasteiger partial charge in [0.25, 0.3) is 10.0 Å². The smallest absolute Gasteiger partial charge is 0.354 e. The first kappa shape index (κ1) is 37.0. The lowest BCUT2D eigenvalue weighted by Gasteiger charge is -2.34. The molecule has 4 rings (SSSR count). The summed E-state index contributed by atoms with van der Waals surface area (Å²) in [5, 5.41) is 2.27. The Bertz CT molecular complexity index is 1800. The Hall–Kier alpha value is -3.87. The molecule has 1 N–H and O–H groups in total. The number of hydrogen-bond acceptors (Lipinski definition) is 4. The quantitative estimate of drug-likeness (QED) is 0.133. The van der Waals surface area contributed by atoms with Crippen LogP contribution in [0.4, 0.5) is 18.9 Å². The number of halogens is 5. The van der Waals surface area contributed by atoms with Crippen LogP contribution in [0.1, 0.15) is 36.5 Å². The summed E-state index contributed by atoms with van der Waals surface area (Å²) < 4.78 is 71.3. The first-order chi connectivity index (χ1) is 22.8. The van der Waals surface area contributed by atoms with Gasteiger partial charge in [-0.1, -0.05) is 102 Å². The van der Waals surface area contributed by atoms with E-state index < -0.39 is 56.9 Å². The number of alkyl halides is 3. The second-order valence-corrected chi connectivity index (χ2v) is 14.2. The van der Waals surface area contributed by atoms with Crippen LogP contribution in [0.15, 0.2) is 112 Å². The third kappa shape index (κ3) is 9.61. The summed E-state index contributed by atoms with van der Waals surface area (Å²) in [7, 11) is -4.59. The van der Waals surface area contributed by atoms with Crippen molar-refractivity contribution >= 4 is 55.1 Å². The molecule has 1 unspecified atom stereocenters. The molecule has 254 valence electrons. The first-order valence-corrected chi connectivity index (χ1v) is 17.7. The SMILES string of the molecule is CCCCNC(=O)C(Cc1ccccc1)N(Cc1ccc(Br)cc1)C(=O)CN(c1ccc(Cl)c(C(F)(F)F)c1)S(=O)(=O)c1ccccc1. The third-order valence-corrected chi connectivity index (χ3v) is 10.2. The molecule has 1 atom stereocenters. The van der Waals surface area contributed by atoms with E-state index >= 15 is 0 Å². The molecule has 48 heavy (non-hydrogen) atoms. The van der Waals surface area contributed by atoms with Crippen molar-refractivity contribution in [1.29, 1.82) is 0 Å². The lowest BCUT2D eigenvalue weighted by molar-refractivity contribution is -0.140. The molecule has 7 nitrogen and oxygen atoms in total. The van der Waals surface area contributed by atoms with Crippen LogP contribution in [0.5, 0.6) is 0 Å². The molecule has 0 aromatic heterocycles. The van der Waals surface area contributed by atoms with Crippen molar-refractivity contribution in [3.8, 4) is 0 Å². The number of carbonyl (C=O) groups excluding carboxylic acids is 2. The summed E-state index contributed by atoms with van der Waals surface area (Å²) in [5.41, 5.74) is -0.275. The molecule has 0 saturated heterocycles. The highest BCUT2D eigenvalue weighted by atomic mass is 79.9. The number of nitrogens with zero attached hydrogens (tertiary/aromatic N) is 2. The molecule has 0 heterocycles. The van der Waals surface area contributed by atoms with Crippen molar-refractivity contribution < 1.29 is 31.2 Å². The van der Waals surface area contributed by atoms with Crippen molar-refractivity contribution in [2.45, 2.75) is 49.8 Å². The van der Waals surface area contributed by atoms with Crippen LogP contribution >= 0.6 is 27.5 Å². The van der Waals surface area contributed by atoms with Crippen LogP contribution in [-0.2, 0) is 38.8 Å². The minimum atomic E-state index is -4.90. The van der Waals surface area contributed by atoms with E-state index in [9.17, 15) is 31.2 Å². The summed E-state index contributed by atoms with van der Waals surface area (Å²) in [6.07, 6.45) is -3.28. The minimum Gasteiger partial charge on any atom is -0.354 e. The number of nitrogens with one attached hydrogen (secondary N) is 1. The number of carbonyl (C=O) groups is 2. The van der Waals surface area contributed by atoms with Crippen LogP contribution in [0.2, 0.25) is 5.02 Å². The van der Waals surface area contributed by atoms with Crippen molar-refractivity contribution in [2.24, 2.45) is 0 Å². The van der Waals surface area contributed by atoms with Crippen molar-refractivity contribution in [3.63, 3.8) is 0 Å². The zero-order chi connectivity index (χ0) is 34.9. The molecular formula is C35H34BrClF3N3O4S. The lowest BCUT2D eigenvalue weighted by atomic mass is 10.0. The Morgan fingerprint density at radius 1 is 0.896 bits per heavy atom. The van der Waals surface area contributed by atoms with Gasteiger partial charge in [-0.25, -0.2) is 8.42 Å². The van der Waals surface area contributed by atoms with Crippen LogP contribution < -0.4 is 9.62 Å². The van der Waals surface area contributed by atoms with E-state index in [0.29, 0.717) is 28.9 Å². The number of hydrogen-bond donors (Lipinski definition) is 1. The highest BCUT2D eigenvalue weighted by molar-refractivity contribution is 9.10. The van der Waals surface area contributed by atoms with Crippen LogP contribution in [-0.4, -0.2) is 44.3 Å². The summed E-state index contributed by atoms with van der Waals surface area (Å²) >= 11 is 9.26. The lowest BCUT2D eigenvalue weighted by Crippen LogP contribution is -2.53. The van der Waals surface area contributed by atoms with E-state index in [0.717, 1.165) is 28.6 Å². The molecule has 4 aromatic rings. The average molecular weight is 765 g/mol. The zero-order valence-electron chi connectivity index (χ0n) is 26.0. The molecule has 0 aliphatic heterocycles. The Labute approximate surface area is 291 Å². The van der Waals surface area contributed by atoms with Gasteiger partial charge >= 0.3 is 6.18 Å². The minimum absolute atomic E-state index is 0.0849. The maximum atomic E-state index is 14.5.